The minimum absolute atomic E-state index is 0.0956. The van der Waals surface area contributed by atoms with Crippen molar-refractivity contribution in [2.75, 3.05) is 31.1 Å². The van der Waals surface area contributed by atoms with Crippen LogP contribution in [0.5, 0.6) is 0 Å². The van der Waals surface area contributed by atoms with Crippen molar-refractivity contribution in [2.24, 2.45) is 5.41 Å². The normalized spacial score (nSPS) is 19.8. The number of aromatic nitrogens is 1. The number of rotatable bonds is 3. The van der Waals surface area contributed by atoms with Crippen LogP contribution in [0.15, 0.2) is 12.3 Å². The average Bonchev–Trinajstić information content (AvgIpc) is 2.74. The second-order valence-corrected chi connectivity index (χ2v) is 7.66. The molecule has 24 heavy (non-hydrogen) atoms. The number of hydrogen-bond donors (Lipinski definition) is 1. The molecule has 130 valence electrons. The van der Waals surface area contributed by atoms with Gasteiger partial charge >= 0.3 is 6.18 Å². The minimum Gasteiger partial charge on any atom is -0.369 e. The molecule has 0 saturated carbocycles. The summed E-state index contributed by atoms with van der Waals surface area (Å²) in [5, 5.41) is 3.57. The van der Waals surface area contributed by atoms with Gasteiger partial charge < -0.3 is 10.2 Å². The van der Waals surface area contributed by atoms with E-state index >= 15 is 0 Å². The first-order chi connectivity index (χ1) is 11.3. The second kappa shape index (κ2) is 5.26. The molecule has 2 aromatic rings. The van der Waals surface area contributed by atoms with Crippen molar-refractivity contribution in [3.8, 4) is 0 Å². The predicted octanol–water partition coefficient (Wildman–Crippen LogP) is 3.75. The van der Waals surface area contributed by atoms with Gasteiger partial charge in [-0.1, -0.05) is 0 Å². The van der Waals surface area contributed by atoms with Crippen LogP contribution in [-0.4, -0.2) is 37.3 Å². The first-order valence-electron chi connectivity index (χ1n) is 7.48. The molecule has 0 unspecified atom stereocenters. The van der Waals surface area contributed by atoms with Crippen LogP contribution in [0.4, 0.5) is 27.6 Å². The number of halogens is 5. The molecule has 2 aromatic heterocycles. The smallest absolute Gasteiger partial charge is 0.369 e. The molecule has 1 spiro atoms. The van der Waals surface area contributed by atoms with Crippen molar-refractivity contribution < 1.29 is 22.0 Å². The Morgan fingerprint density at radius 1 is 1.29 bits per heavy atom. The molecule has 0 radical (unpaired) electrons. The fourth-order valence-electron chi connectivity index (χ4n) is 3.46. The van der Waals surface area contributed by atoms with Crippen LogP contribution in [0.1, 0.15) is 16.9 Å². The Labute approximate surface area is 138 Å². The number of alkyl halides is 5. The van der Waals surface area contributed by atoms with E-state index < -0.39 is 19.0 Å². The molecule has 0 aliphatic carbocycles. The first kappa shape index (κ1) is 16.0. The van der Waals surface area contributed by atoms with Gasteiger partial charge in [0.1, 0.15) is 4.83 Å². The summed E-state index contributed by atoms with van der Waals surface area (Å²) < 4.78 is 64.6. The molecule has 9 heteroatoms. The molecule has 0 atom stereocenters. The first-order valence-corrected chi connectivity index (χ1v) is 8.30. The molecule has 4 heterocycles. The standard InChI is InChI=1S/C15H14F5N3S/c16-12(17)10-3-22-13-9(1-8(24-13)2-15(18,19)20)11(10)23-6-14(7-23)4-21-5-14/h1,3,12,21H,2,4-7H2. The lowest BCUT2D eigenvalue weighted by molar-refractivity contribution is -0.126. The molecule has 2 saturated heterocycles. The van der Waals surface area contributed by atoms with Crippen LogP contribution in [0, 0.1) is 5.41 Å². The van der Waals surface area contributed by atoms with Gasteiger partial charge in [-0.05, 0) is 6.07 Å². The van der Waals surface area contributed by atoms with Gasteiger partial charge in [-0.3, -0.25) is 0 Å². The van der Waals surface area contributed by atoms with E-state index in [0.717, 1.165) is 30.6 Å². The van der Waals surface area contributed by atoms with E-state index in [1.807, 2.05) is 4.90 Å². The largest absolute Gasteiger partial charge is 0.393 e. The van der Waals surface area contributed by atoms with E-state index in [2.05, 4.69) is 10.3 Å². The summed E-state index contributed by atoms with van der Waals surface area (Å²) in [5.41, 5.74) is 0.262. The van der Waals surface area contributed by atoms with Gasteiger partial charge in [0.15, 0.2) is 0 Å². The van der Waals surface area contributed by atoms with Crippen molar-refractivity contribution in [1.82, 2.24) is 10.3 Å². The van der Waals surface area contributed by atoms with E-state index in [4.69, 9.17) is 0 Å². The maximum Gasteiger partial charge on any atom is 0.393 e. The lowest BCUT2D eigenvalue weighted by Gasteiger charge is -2.57. The van der Waals surface area contributed by atoms with E-state index in [9.17, 15) is 22.0 Å². The Bertz CT molecular complexity index is 773. The number of anilines is 1. The molecular formula is C15H14F5N3S. The van der Waals surface area contributed by atoms with E-state index in [-0.39, 0.29) is 15.9 Å². The van der Waals surface area contributed by atoms with Crippen LogP contribution in [-0.2, 0) is 6.42 Å². The predicted molar refractivity (Wildman–Crippen MR) is 81.9 cm³/mol. The molecule has 0 amide bonds. The SMILES string of the molecule is FC(F)c1cnc2sc(CC(F)(F)F)cc2c1N1CC2(CNC2)C1. The van der Waals surface area contributed by atoms with Gasteiger partial charge in [-0.2, -0.15) is 13.2 Å². The summed E-state index contributed by atoms with van der Waals surface area (Å²) in [5.74, 6) is 0. The fourth-order valence-corrected chi connectivity index (χ4v) is 4.49. The van der Waals surface area contributed by atoms with E-state index in [0.29, 0.717) is 29.0 Å². The number of fused-ring (bicyclic) bond motifs is 1. The highest BCUT2D eigenvalue weighted by Crippen LogP contribution is 2.45. The van der Waals surface area contributed by atoms with Crippen LogP contribution in [0.25, 0.3) is 10.2 Å². The molecule has 2 fully saturated rings. The number of pyridine rings is 1. The highest BCUT2D eigenvalue weighted by molar-refractivity contribution is 7.18. The summed E-state index contributed by atoms with van der Waals surface area (Å²) in [6, 6.07) is 1.37. The topological polar surface area (TPSA) is 28.2 Å². The van der Waals surface area contributed by atoms with Gasteiger partial charge in [0.2, 0.25) is 0 Å². The quantitative estimate of drug-likeness (QED) is 0.842. The Hall–Kier alpha value is -1.48. The Morgan fingerprint density at radius 2 is 2.00 bits per heavy atom. The fraction of sp³-hybridized carbons (Fsp3) is 0.533. The molecular weight excluding hydrogens is 349 g/mol. The summed E-state index contributed by atoms with van der Waals surface area (Å²) >= 11 is 0.915. The lowest BCUT2D eigenvalue weighted by atomic mass is 9.74. The third-order valence-electron chi connectivity index (χ3n) is 4.59. The molecule has 3 nitrogen and oxygen atoms in total. The lowest BCUT2D eigenvalue weighted by Crippen LogP contribution is -2.71. The summed E-state index contributed by atoms with van der Waals surface area (Å²) in [6.45, 7) is 2.99. The molecule has 1 N–H and O–H groups in total. The second-order valence-electron chi connectivity index (χ2n) is 6.55. The van der Waals surface area contributed by atoms with Gasteiger partial charge in [-0.25, -0.2) is 13.8 Å². The maximum absolute atomic E-state index is 13.4. The summed E-state index contributed by atoms with van der Waals surface area (Å²) in [4.78, 5) is 6.27. The van der Waals surface area contributed by atoms with Crippen molar-refractivity contribution in [2.45, 2.75) is 19.0 Å². The molecule has 4 rings (SSSR count). The maximum atomic E-state index is 13.4. The van der Waals surface area contributed by atoms with Crippen molar-refractivity contribution in [3.05, 3.63) is 22.7 Å². The van der Waals surface area contributed by atoms with Gasteiger partial charge in [-0.15, -0.1) is 11.3 Å². The molecule has 0 aromatic carbocycles. The van der Waals surface area contributed by atoms with Crippen molar-refractivity contribution >= 4 is 27.2 Å². The molecule has 2 aliphatic rings. The Morgan fingerprint density at radius 3 is 2.54 bits per heavy atom. The van der Waals surface area contributed by atoms with Crippen molar-refractivity contribution in [3.63, 3.8) is 0 Å². The van der Waals surface area contributed by atoms with Crippen LogP contribution in [0.2, 0.25) is 0 Å². The van der Waals surface area contributed by atoms with E-state index in [1.165, 1.54) is 6.07 Å². The van der Waals surface area contributed by atoms with Crippen LogP contribution < -0.4 is 10.2 Å². The molecule has 2 aliphatic heterocycles. The minimum atomic E-state index is -4.33. The average molecular weight is 363 g/mol. The van der Waals surface area contributed by atoms with Gasteiger partial charge in [0, 0.05) is 48.1 Å². The highest BCUT2D eigenvalue weighted by atomic mass is 32.1. The van der Waals surface area contributed by atoms with Crippen LogP contribution >= 0.6 is 11.3 Å². The third kappa shape index (κ3) is 2.63. The zero-order valence-electron chi connectivity index (χ0n) is 12.5. The summed E-state index contributed by atoms with van der Waals surface area (Å²) in [6.07, 6.45) is -7.00. The zero-order valence-corrected chi connectivity index (χ0v) is 13.3. The van der Waals surface area contributed by atoms with Gasteiger partial charge in [0.05, 0.1) is 17.7 Å². The Kier molecular flexibility index (Phi) is 3.51. The number of hydrogen-bond acceptors (Lipinski definition) is 4. The number of nitrogens with zero attached hydrogens (tertiary/aromatic N) is 2. The number of nitrogens with one attached hydrogen (secondary N) is 1. The van der Waals surface area contributed by atoms with E-state index in [1.54, 1.807) is 0 Å². The molecule has 0 bridgehead atoms. The van der Waals surface area contributed by atoms with Crippen molar-refractivity contribution in [1.29, 1.82) is 0 Å². The monoisotopic (exact) mass is 363 g/mol. The third-order valence-corrected chi connectivity index (χ3v) is 5.63. The summed E-state index contributed by atoms with van der Waals surface area (Å²) in [7, 11) is 0. The highest BCUT2D eigenvalue weighted by Gasteiger charge is 2.48. The van der Waals surface area contributed by atoms with Gasteiger partial charge in [0.25, 0.3) is 6.43 Å². The van der Waals surface area contributed by atoms with Crippen LogP contribution in [0.3, 0.4) is 0 Å². The zero-order chi connectivity index (χ0) is 17.1. The number of thiophene rings is 1. The Balaban J connectivity index is 1.74.